The van der Waals surface area contributed by atoms with Gasteiger partial charge in [0, 0.05) is 35.5 Å². The van der Waals surface area contributed by atoms with E-state index in [-0.39, 0.29) is 0 Å². The van der Waals surface area contributed by atoms with Gasteiger partial charge in [0.05, 0.1) is 0 Å². The molecule has 1 atom stereocenters. The van der Waals surface area contributed by atoms with Gasteiger partial charge in [0.2, 0.25) is 0 Å². The van der Waals surface area contributed by atoms with Crippen LogP contribution in [0.2, 0.25) is 0 Å². The zero-order chi connectivity index (χ0) is 14.0. The smallest absolute Gasteiger partial charge is 0.252 e. The molecule has 0 aliphatic carbocycles. The molecule has 0 bridgehead atoms. The molecular weight excluding hydrogens is 300 g/mol. The first-order valence-electron chi connectivity index (χ1n) is 6.40. The summed E-state index contributed by atoms with van der Waals surface area (Å²) in [7, 11) is -3.33. The summed E-state index contributed by atoms with van der Waals surface area (Å²) in [5.41, 5.74) is 6.60. The molecule has 0 saturated carbocycles. The van der Waals surface area contributed by atoms with Crippen molar-refractivity contribution in [1.82, 2.24) is 4.31 Å². The lowest BCUT2D eigenvalue weighted by atomic mass is 10.3. The van der Waals surface area contributed by atoms with Gasteiger partial charge in [-0.25, -0.2) is 8.42 Å². The molecule has 1 fully saturated rings. The van der Waals surface area contributed by atoms with E-state index in [0.29, 0.717) is 29.1 Å². The van der Waals surface area contributed by atoms with Crippen LogP contribution in [0, 0.1) is 6.92 Å². The predicted molar refractivity (Wildman–Crippen MR) is 82.2 cm³/mol. The highest BCUT2D eigenvalue weighted by Crippen LogP contribution is 2.31. The Kier molecular flexibility index (Phi) is 4.94. The van der Waals surface area contributed by atoms with Crippen molar-refractivity contribution in [1.29, 1.82) is 0 Å². The lowest BCUT2D eigenvalue weighted by Gasteiger charge is -2.30. The van der Waals surface area contributed by atoms with Crippen molar-refractivity contribution in [3.8, 4) is 0 Å². The van der Waals surface area contributed by atoms with Crippen LogP contribution in [0.4, 0.5) is 0 Å². The second-order valence-corrected chi connectivity index (χ2v) is 9.35. The number of nitrogens with zero attached hydrogens (tertiary/aromatic N) is 1. The molecule has 0 spiro atoms. The van der Waals surface area contributed by atoms with Crippen LogP contribution in [0.3, 0.4) is 0 Å². The number of thiophene rings is 1. The number of hydrogen-bond donors (Lipinski definition) is 1. The van der Waals surface area contributed by atoms with Gasteiger partial charge in [-0.15, -0.1) is 11.3 Å². The van der Waals surface area contributed by atoms with Crippen LogP contribution >= 0.6 is 23.1 Å². The van der Waals surface area contributed by atoms with E-state index in [9.17, 15) is 8.42 Å². The van der Waals surface area contributed by atoms with Crippen LogP contribution in [0.1, 0.15) is 23.8 Å². The molecule has 1 unspecified atom stereocenters. The summed E-state index contributed by atoms with van der Waals surface area (Å²) in [5.74, 6) is 0.881. The molecule has 108 valence electrons. The fraction of sp³-hybridized carbons (Fsp3) is 0.667. The van der Waals surface area contributed by atoms with Gasteiger partial charge in [-0.05, 0) is 25.0 Å². The molecule has 2 N–H and O–H groups in total. The van der Waals surface area contributed by atoms with Crippen molar-refractivity contribution in [3.63, 3.8) is 0 Å². The third kappa shape index (κ3) is 3.16. The van der Waals surface area contributed by atoms with Gasteiger partial charge in [0.1, 0.15) is 4.21 Å². The molecule has 2 heterocycles. The first-order valence-corrected chi connectivity index (χ1v) is 9.70. The molecule has 1 aromatic heterocycles. The highest BCUT2D eigenvalue weighted by molar-refractivity contribution is 8.00. The van der Waals surface area contributed by atoms with Crippen LogP contribution < -0.4 is 5.73 Å². The van der Waals surface area contributed by atoms with Crippen LogP contribution in [-0.4, -0.2) is 36.8 Å². The van der Waals surface area contributed by atoms with Crippen molar-refractivity contribution in [2.45, 2.75) is 36.3 Å². The number of nitrogens with two attached hydrogens (primary N) is 1. The summed E-state index contributed by atoms with van der Waals surface area (Å²) in [4.78, 5) is 0.956. The maximum atomic E-state index is 12.6. The molecule has 19 heavy (non-hydrogen) atoms. The summed E-state index contributed by atoms with van der Waals surface area (Å²) < 4.78 is 27.3. The number of rotatable bonds is 4. The average molecular weight is 321 g/mol. The quantitative estimate of drug-likeness (QED) is 0.922. The predicted octanol–water partition coefficient (Wildman–Crippen LogP) is 2.03. The Hall–Kier alpha value is -0.0800. The molecule has 2 rings (SSSR count). The standard InChI is InChI=1S/C12H20N2O2S3/c1-3-10-8-14(4-5-17-10)19(15,16)12-6-9(2)11(7-13)18-12/h6,10H,3-5,7-8,13H2,1-2H3. The summed E-state index contributed by atoms with van der Waals surface area (Å²) in [6.07, 6.45) is 1.01. The average Bonchev–Trinajstić information content (AvgIpc) is 2.80. The zero-order valence-electron chi connectivity index (χ0n) is 11.3. The maximum absolute atomic E-state index is 12.6. The minimum absolute atomic E-state index is 0.402. The Balaban J connectivity index is 2.25. The Morgan fingerprint density at radius 1 is 1.53 bits per heavy atom. The Morgan fingerprint density at radius 2 is 2.26 bits per heavy atom. The van der Waals surface area contributed by atoms with E-state index in [1.807, 2.05) is 18.7 Å². The van der Waals surface area contributed by atoms with Gasteiger partial charge in [-0.2, -0.15) is 16.1 Å². The van der Waals surface area contributed by atoms with Crippen LogP contribution in [0.5, 0.6) is 0 Å². The van der Waals surface area contributed by atoms with Gasteiger partial charge in [0.25, 0.3) is 10.0 Å². The summed E-state index contributed by atoms with van der Waals surface area (Å²) in [6.45, 7) is 5.66. The monoisotopic (exact) mass is 320 g/mol. The molecule has 4 nitrogen and oxygen atoms in total. The molecule has 0 amide bonds. The highest BCUT2D eigenvalue weighted by atomic mass is 32.2. The van der Waals surface area contributed by atoms with Gasteiger partial charge in [-0.1, -0.05) is 6.92 Å². The number of hydrogen-bond acceptors (Lipinski definition) is 5. The molecule has 0 aromatic carbocycles. The number of sulfonamides is 1. The van der Waals surface area contributed by atoms with Crippen molar-refractivity contribution < 1.29 is 8.42 Å². The zero-order valence-corrected chi connectivity index (χ0v) is 13.7. The Bertz CT molecular complexity index is 539. The van der Waals surface area contributed by atoms with E-state index in [1.165, 1.54) is 11.3 Å². The molecule has 1 aliphatic rings. The van der Waals surface area contributed by atoms with Crippen LogP contribution in [-0.2, 0) is 16.6 Å². The molecule has 1 saturated heterocycles. The first kappa shape index (κ1) is 15.3. The second-order valence-electron chi connectivity index (χ2n) is 4.64. The third-order valence-corrected chi connectivity index (χ3v) is 8.28. The van der Waals surface area contributed by atoms with Crippen molar-refractivity contribution in [3.05, 3.63) is 16.5 Å². The van der Waals surface area contributed by atoms with Gasteiger partial charge >= 0.3 is 0 Å². The van der Waals surface area contributed by atoms with E-state index >= 15 is 0 Å². The molecule has 7 heteroatoms. The Labute approximate surface area is 123 Å². The minimum atomic E-state index is -3.33. The second kappa shape index (κ2) is 6.13. The number of aryl methyl sites for hydroxylation is 1. The first-order chi connectivity index (χ1) is 8.98. The van der Waals surface area contributed by atoms with Crippen molar-refractivity contribution in [2.75, 3.05) is 18.8 Å². The molecule has 1 aliphatic heterocycles. The van der Waals surface area contributed by atoms with Crippen molar-refractivity contribution in [2.24, 2.45) is 5.73 Å². The van der Waals surface area contributed by atoms with Crippen LogP contribution in [0.25, 0.3) is 0 Å². The summed E-state index contributed by atoms with van der Waals surface area (Å²) in [5, 5.41) is 0.415. The fourth-order valence-electron chi connectivity index (χ4n) is 2.10. The lowest BCUT2D eigenvalue weighted by Crippen LogP contribution is -2.41. The largest absolute Gasteiger partial charge is 0.326 e. The van der Waals surface area contributed by atoms with E-state index < -0.39 is 10.0 Å². The van der Waals surface area contributed by atoms with E-state index in [4.69, 9.17) is 5.73 Å². The fourth-order valence-corrected chi connectivity index (χ4v) is 6.60. The minimum Gasteiger partial charge on any atom is -0.326 e. The van der Waals surface area contributed by atoms with Gasteiger partial charge in [0.15, 0.2) is 0 Å². The van der Waals surface area contributed by atoms with Gasteiger partial charge in [-0.3, -0.25) is 0 Å². The van der Waals surface area contributed by atoms with Crippen LogP contribution in [0.15, 0.2) is 10.3 Å². The highest BCUT2D eigenvalue weighted by Gasteiger charge is 2.31. The maximum Gasteiger partial charge on any atom is 0.252 e. The SMILES string of the molecule is CCC1CN(S(=O)(=O)c2cc(C)c(CN)s2)CCS1. The van der Waals surface area contributed by atoms with E-state index in [1.54, 1.807) is 10.4 Å². The van der Waals surface area contributed by atoms with Gasteiger partial charge < -0.3 is 5.73 Å². The van der Waals surface area contributed by atoms with E-state index in [2.05, 4.69) is 6.92 Å². The molecular formula is C12H20N2O2S3. The summed E-state index contributed by atoms with van der Waals surface area (Å²) in [6, 6.07) is 1.75. The normalized spacial score (nSPS) is 21.7. The molecule has 0 radical (unpaired) electrons. The third-order valence-electron chi connectivity index (χ3n) is 3.33. The molecule has 1 aromatic rings. The number of thioether (sulfide) groups is 1. The lowest BCUT2D eigenvalue weighted by molar-refractivity contribution is 0.417. The topological polar surface area (TPSA) is 63.4 Å². The van der Waals surface area contributed by atoms with E-state index in [0.717, 1.165) is 22.6 Å². The summed E-state index contributed by atoms with van der Waals surface area (Å²) >= 11 is 3.18. The van der Waals surface area contributed by atoms with Crippen molar-refractivity contribution >= 4 is 33.1 Å². The Morgan fingerprint density at radius 3 is 2.84 bits per heavy atom.